The van der Waals surface area contributed by atoms with E-state index >= 15 is 0 Å². The van der Waals surface area contributed by atoms with Crippen molar-refractivity contribution in [2.75, 3.05) is 0 Å². The van der Waals surface area contributed by atoms with Gasteiger partial charge < -0.3 is 9.63 Å². The number of aromatic nitrogens is 4. The molecule has 0 unspecified atom stereocenters. The molecule has 0 aliphatic carbocycles. The number of carboxylic acid groups (broad SMARTS) is 1. The summed E-state index contributed by atoms with van der Waals surface area (Å²) in [5.74, 6) is -1.36. The summed E-state index contributed by atoms with van der Waals surface area (Å²) in [6.07, 6.45) is 1.48. The van der Waals surface area contributed by atoms with Gasteiger partial charge in [0.15, 0.2) is 0 Å². The number of hydrogen-bond donors (Lipinski definition) is 1. The van der Waals surface area contributed by atoms with Gasteiger partial charge in [-0.25, -0.2) is 9.48 Å². The van der Waals surface area contributed by atoms with Crippen LogP contribution in [0.2, 0.25) is 0 Å². The van der Waals surface area contributed by atoms with Crippen LogP contribution < -0.4 is 0 Å². The summed E-state index contributed by atoms with van der Waals surface area (Å²) >= 11 is 0. The van der Waals surface area contributed by atoms with Crippen LogP contribution in [0.5, 0.6) is 0 Å². The predicted molar refractivity (Wildman–Crippen MR) is 43.5 cm³/mol. The van der Waals surface area contributed by atoms with Gasteiger partial charge in [0.1, 0.15) is 11.4 Å². The normalized spacial score (nSPS) is 10.4. The van der Waals surface area contributed by atoms with E-state index in [1.165, 1.54) is 16.9 Å². The smallest absolute Gasteiger partial charge is 0.374 e. The van der Waals surface area contributed by atoms with Crippen molar-refractivity contribution in [3.8, 4) is 11.4 Å². The zero-order valence-electron chi connectivity index (χ0n) is 7.21. The van der Waals surface area contributed by atoms with Crippen molar-refractivity contribution in [2.24, 2.45) is 7.05 Å². The predicted octanol–water partition coefficient (Wildman–Crippen LogP) is 0.168. The highest BCUT2D eigenvalue weighted by molar-refractivity contribution is 5.85. The van der Waals surface area contributed by atoms with Crippen molar-refractivity contribution < 1.29 is 14.4 Å². The molecule has 7 heteroatoms. The minimum Gasteiger partial charge on any atom is -0.475 e. The average molecular weight is 194 g/mol. The van der Waals surface area contributed by atoms with Crippen molar-refractivity contribution in [2.45, 2.75) is 0 Å². The second kappa shape index (κ2) is 2.95. The molecule has 0 spiro atoms. The van der Waals surface area contributed by atoms with Gasteiger partial charge in [-0.05, 0) is 0 Å². The van der Waals surface area contributed by atoms with Gasteiger partial charge in [0.05, 0.1) is 6.20 Å². The Morgan fingerprint density at radius 1 is 1.64 bits per heavy atom. The fourth-order valence-electron chi connectivity index (χ4n) is 1.02. The van der Waals surface area contributed by atoms with Gasteiger partial charge in [-0.2, -0.15) is 0 Å². The Bertz CT molecular complexity index is 473. The molecule has 2 rings (SSSR count). The van der Waals surface area contributed by atoms with Crippen LogP contribution >= 0.6 is 0 Å². The van der Waals surface area contributed by atoms with E-state index in [2.05, 4.69) is 20.0 Å². The van der Waals surface area contributed by atoms with Crippen LogP contribution in [0.25, 0.3) is 11.4 Å². The Kier molecular flexibility index (Phi) is 1.77. The molecule has 0 aromatic carbocycles. The molecule has 0 amide bonds. The third-order valence-corrected chi connectivity index (χ3v) is 1.70. The lowest BCUT2D eigenvalue weighted by molar-refractivity contribution is 0.0652. The van der Waals surface area contributed by atoms with Gasteiger partial charge in [-0.15, -0.1) is 5.10 Å². The van der Waals surface area contributed by atoms with E-state index in [0.717, 1.165) is 0 Å². The van der Waals surface area contributed by atoms with Gasteiger partial charge in [0, 0.05) is 13.1 Å². The number of rotatable bonds is 2. The van der Waals surface area contributed by atoms with Crippen molar-refractivity contribution in [3.05, 3.63) is 18.0 Å². The maximum Gasteiger partial charge on any atom is 0.374 e. The molecule has 7 nitrogen and oxygen atoms in total. The third kappa shape index (κ3) is 1.24. The van der Waals surface area contributed by atoms with E-state index in [-0.39, 0.29) is 5.76 Å². The lowest BCUT2D eigenvalue weighted by Crippen LogP contribution is -1.94. The lowest BCUT2D eigenvalue weighted by atomic mass is 10.3. The van der Waals surface area contributed by atoms with E-state index < -0.39 is 5.97 Å². The molecule has 2 heterocycles. The highest BCUT2D eigenvalue weighted by atomic mass is 16.5. The summed E-state index contributed by atoms with van der Waals surface area (Å²) in [5, 5.41) is 19.5. The third-order valence-electron chi connectivity index (χ3n) is 1.70. The van der Waals surface area contributed by atoms with Crippen molar-refractivity contribution >= 4 is 5.97 Å². The topological polar surface area (TPSA) is 94.0 Å². The first-order chi connectivity index (χ1) is 6.68. The first kappa shape index (κ1) is 8.42. The number of aryl methyl sites for hydroxylation is 1. The van der Waals surface area contributed by atoms with E-state index in [1.807, 2.05) is 0 Å². The van der Waals surface area contributed by atoms with Gasteiger partial charge in [0.2, 0.25) is 5.76 Å². The van der Waals surface area contributed by atoms with E-state index in [4.69, 9.17) is 5.11 Å². The van der Waals surface area contributed by atoms with Gasteiger partial charge in [-0.1, -0.05) is 10.4 Å². The Morgan fingerprint density at radius 3 is 2.93 bits per heavy atom. The van der Waals surface area contributed by atoms with E-state index in [1.54, 1.807) is 7.05 Å². The van der Waals surface area contributed by atoms with Crippen LogP contribution in [0.3, 0.4) is 0 Å². The van der Waals surface area contributed by atoms with Crippen LogP contribution in [-0.2, 0) is 7.05 Å². The molecule has 0 aliphatic rings. The molecule has 0 aliphatic heterocycles. The molecular formula is C7H6N4O3. The highest BCUT2D eigenvalue weighted by Gasteiger charge is 2.14. The molecule has 0 bridgehead atoms. The van der Waals surface area contributed by atoms with Crippen LogP contribution in [0.15, 0.2) is 16.8 Å². The fourth-order valence-corrected chi connectivity index (χ4v) is 1.02. The van der Waals surface area contributed by atoms with Crippen LogP contribution in [0, 0.1) is 0 Å². The highest BCUT2D eigenvalue weighted by Crippen LogP contribution is 2.16. The molecule has 0 saturated carbocycles. The molecule has 0 radical (unpaired) electrons. The molecule has 0 atom stereocenters. The van der Waals surface area contributed by atoms with Crippen molar-refractivity contribution in [1.29, 1.82) is 0 Å². The Morgan fingerprint density at radius 2 is 2.43 bits per heavy atom. The lowest BCUT2D eigenvalue weighted by Gasteiger charge is -1.91. The van der Waals surface area contributed by atoms with Gasteiger partial charge in [0.25, 0.3) is 0 Å². The standard InChI is InChI=1S/C7H6N4O3/c1-11-5(3-8-10-11)4-2-6(7(12)13)14-9-4/h2-3H,1H3,(H,12,13). The molecule has 72 valence electrons. The Hall–Kier alpha value is -2.18. The number of carbonyl (C=O) groups is 1. The molecule has 2 aromatic rings. The zero-order valence-corrected chi connectivity index (χ0v) is 7.21. The minimum absolute atomic E-state index is 0.207. The van der Waals surface area contributed by atoms with Gasteiger partial charge in [-0.3, -0.25) is 0 Å². The van der Waals surface area contributed by atoms with Crippen LogP contribution in [0.4, 0.5) is 0 Å². The number of carboxylic acids is 1. The average Bonchev–Trinajstić information content (AvgIpc) is 2.71. The maximum atomic E-state index is 10.5. The molecule has 2 aromatic heterocycles. The summed E-state index contributed by atoms with van der Waals surface area (Å²) in [6, 6.07) is 1.32. The molecule has 0 fully saturated rings. The SMILES string of the molecule is Cn1nncc1-c1cc(C(=O)O)on1. The summed E-state index contributed by atoms with van der Waals surface area (Å²) in [7, 11) is 1.68. The van der Waals surface area contributed by atoms with E-state index in [0.29, 0.717) is 11.4 Å². The first-order valence-corrected chi connectivity index (χ1v) is 3.73. The molecule has 0 saturated heterocycles. The number of aromatic carboxylic acids is 1. The Balaban J connectivity index is 2.43. The fraction of sp³-hybridized carbons (Fsp3) is 0.143. The quantitative estimate of drug-likeness (QED) is 0.732. The monoisotopic (exact) mass is 194 g/mol. The second-order valence-electron chi connectivity index (χ2n) is 2.62. The van der Waals surface area contributed by atoms with Crippen molar-refractivity contribution in [3.63, 3.8) is 0 Å². The second-order valence-corrected chi connectivity index (χ2v) is 2.62. The molecular weight excluding hydrogens is 188 g/mol. The summed E-state index contributed by atoms with van der Waals surface area (Å²) < 4.78 is 6.06. The summed E-state index contributed by atoms with van der Waals surface area (Å²) in [5.41, 5.74) is 0.996. The van der Waals surface area contributed by atoms with Gasteiger partial charge >= 0.3 is 5.97 Å². The number of hydrogen-bond acceptors (Lipinski definition) is 5. The van der Waals surface area contributed by atoms with Crippen molar-refractivity contribution in [1.82, 2.24) is 20.2 Å². The maximum absolute atomic E-state index is 10.5. The van der Waals surface area contributed by atoms with Crippen LogP contribution in [0.1, 0.15) is 10.6 Å². The summed E-state index contributed by atoms with van der Waals surface area (Å²) in [6.45, 7) is 0. The Labute approximate surface area is 77.9 Å². The zero-order chi connectivity index (χ0) is 10.1. The largest absolute Gasteiger partial charge is 0.475 e. The van der Waals surface area contributed by atoms with Crippen LogP contribution in [-0.4, -0.2) is 31.2 Å². The first-order valence-electron chi connectivity index (χ1n) is 3.73. The number of nitrogens with zero attached hydrogens (tertiary/aromatic N) is 4. The minimum atomic E-state index is -1.15. The summed E-state index contributed by atoms with van der Waals surface area (Å²) in [4.78, 5) is 10.5. The molecule has 14 heavy (non-hydrogen) atoms. The van der Waals surface area contributed by atoms with E-state index in [9.17, 15) is 4.79 Å². The molecule has 1 N–H and O–H groups in total.